The molecule has 0 spiro atoms. The third-order valence-electron chi connectivity index (χ3n) is 5.55. The van der Waals surface area contributed by atoms with E-state index < -0.39 is 6.04 Å². The Morgan fingerprint density at radius 2 is 2.07 bits per heavy atom. The van der Waals surface area contributed by atoms with Crippen molar-refractivity contribution in [2.75, 3.05) is 4.90 Å². The van der Waals surface area contributed by atoms with Crippen molar-refractivity contribution < 1.29 is 14.3 Å². The number of aromatic nitrogens is 1. The largest absolute Gasteiger partial charge is 0.483 e. The fraction of sp³-hybridized carbons (Fsp3) is 0.350. The summed E-state index contributed by atoms with van der Waals surface area (Å²) in [6.45, 7) is 0. The lowest BCUT2D eigenvalue weighted by molar-refractivity contribution is -0.131. The fourth-order valence-corrected chi connectivity index (χ4v) is 5.45. The van der Waals surface area contributed by atoms with Gasteiger partial charge in [0.15, 0.2) is 16.7 Å². The number of amides is 1. The number of fused-ring (bicyclic) bond motifs is 1. The maximum atomic E-state index is 13.4. The van der Waals surface area contributed by atoms with E-state index in [2.05, 4.69) is 20.9 Å². The van der Waals surface area contributed by atoms with Gasteiger partial charge in [0, 0.05) is 16.0 Å². The second-order valence-corrected chi connectivity index (χ2v) is 8.89. The van der Waals surface area contributed by atoms with E-state index in [1.165, 1.54) is 11.3 Å². The molecule has 3 heterocycles. The highest BCUT2D eigenvalue weighted by molar-refractivity contribution is 9.10. The topological polar surface area (TPSA) is 59.5 Å². The van der Waals surface area contributed by atoms with E-state index in [9.17, 15) is 9.59 Å². The molecule has 3 aliphatic rings. The van der Waals surface area contributed by atoms with Crippen LogP contribution in [0, 0.1) is 5.92 Å². The third kappa shape index (κ3) is 2.67. The molecule has 1 fully saturated rings. The summed E-state index contributed by atoms with van der Waals surface area (Å²) in [4.78, 5) is 32.7. The van der Waals surface area contributed by atoms with Gasteiger partial charge in [0.05, 0.1) is 17.5 Å². The molecule has 27 heavy (non-hydrogen) atoms. The molecule has 5 nitrogen and oxygen atoms in total. The number of thiazole rings is 1. The maximum absolute atomic E-state index is 13.4. The van der Waals surface area contributed by atoms with Gasteiger partial charge in [-0.05, 0) is 37.0 Å². The van der Waals surface area contributed by atoms with Gasteiger partial charge in [-0.25, -0.2) is 4.98 Å². The molecule has 2 aromatic rings. The molecule has 138 valence electrons. The van der Waals surface area contributed by atoms with E-state index >= 15 is 0 Å². The molecule has 0 N–H and O–H groups in total. The predicted molar refractivity (Wildman–Crippen MR) is 105 cm³/mol. The molecule has 3 atom stereocenters. The fourth-order valence-electron chi connectivity index (χ4n) is 4.37. The molecular weight excluding hydrogens is 428 g/mol. The van der Waals surface area contributed by atoms with Crippen molar-refractivity contribution in [2.45, 2.75) is 37.8 Å². The Hall–Kier alpha value is -1.99. The Morgan fingerprint density at radius 1 is 1.22 bits per heavy atom. The number of Topliss-reactive ketones (excluding diaryl/α,β-unsaturated/α-hetero) is 1. The summed E-state index contributed by atoms with van der Waals surface area (Å²) in [5.41, 5.74) is 1.38. The molecule has 7 heteroatoms. The van der Waals surface area contributed by atoms with Crippen LogP contribution in [0.25, 0.3) is 0 Å². The second kappa shape index (κ2) is 6.56. The zero-order valence-electron chi connectivity index (χ0n) is 14.4. The number of anilines is 1. The van der Waals surface area contributed by atoms with Crippen LogP contribution in [0.5, 0.6) is 0 Å². The van der Waals surface area contributed by atoms with Crippen molar-refractivity contribution in [2.24, 2.45) is 5.92 Å². The van der Waals surface area contributed by atoms with Crippen LogP contribution in [0.3, 0.4) is 0 Å². The molecule has 1 aliphatic carbocycles. The lowest BCUT2D eigenvalue weighted by atomic mass is 9.77. The van der Waals surface area contributed by atoms with Crippen LogP contribution in [0.1, 0.15) is 37.3 Å². The average Bonchev–Trinajstić information content (AvgIpc) is 3.29. The molecule has 0 radical (unpaired) electrons. The number of carbonyl (C=O) groups is 2. The minimum absolute atomic E-state index is 0.0679. The van der Waals surface area contributed by atoms with Gasteiger partial charge in [0.1, 0.15) is 6.10 Å². The van der Waals surface area contributed by atoms with Crippen LogP contribution < -0.4 is 4.90 Å². The van der Waals surface area contributed by atoms with Crippen LogP contribution in [0.2, 0.25) is 0 Å². The molecule has 1 aromatic heterocycles. The first kappa shape index (κ1) is 17.1. The van der Waals surface area contributed by atoms with Crippen LogP contribution in [-0.2, 0) is 14.3 Å². The normalized spacial score (nSPS) is 27.4. The standard InChI is InChI=1S/C20H17BrN2O3S/c21-12-5-3-4-11(10-12)16-15-17(24)13-6-1-2-7-14(13)26-18(15)19(25)23(16)20-22-8-9-27-20/h3-5,8-10,13-14,16H,1-2,6-7H2. The summed E-state index contributed by atoms with van der Waals surface area (Å²) in [7, 11) is 0. The summed E-state index contributed by atoms with van der Waals surface area (Å²) in [6, 6.07) is 7.25. The van der Waals surface area contributed by atoms with Crippen LogP contribution in [0.15, 0.2) is 51.6 Å². The average molecular weight is 445 g/mol. The SMILES string of the molecule is O=C1C2=C(OC3CCCCC13)C(=O)N(c1nccs1)C2c1cccc(Br)c1. The smallest absolute Gasteiger partial charge is 0.296 e. The number of nitrogens with zero attached hydrogens (tertiary/aromatic N) is 2. The van der Waals surface area contributed by atoms with Crippen molar-refractivity contribution >= 4 is 44.1 Å². The highest BCUT2D eigenvalue weighted by atomic mass is 79.9. The zero-order valence-corrected chi connectivity index (χ0v) is 16.8. The number of hydrogen-bond acceptors (Lipinski definition) is 5. The molecule has 3 unspecified atom stereocenters. The maximum Gasteiger partial charge on any atom is 0.296 e. The Balaban J connectivity index is 1.67. The lowest BCUT2D eigenvalue weighted by Gasteiger charge is -2.35. The third-order valence-corrected chi connectivity index (χ3v) is 6.82. The van der Waals surface area contributed by atoms with Crippen molar-refractivity contribution in [3.63, 3.8) is 0 Å². The first-order valence-electron chi connectivity index (χ1n) is 9.08. The first-order chi connectivity index (χ1) is 13.1. The van der Waals surface area contributed by atoms with Crippen molar-refractivity contribution in [3.05, 3.63) is 57.2 Å². The summed E-state index contributed by atoms with van der Waals surface area (Å²) < 4.78 is 7.04. The monoisotopic (exact) mass is 444 g/mol. The number of hydrogen-bond donors (Lipinski definition) is 0. The zero-order chi connectivity index (χ0) is 18.5. The summed E-state index contributed by atoms with van der Waals surface area (Å²) in [5, 5.41) is 2.42. The van der Waals surface area contributed by atoms with Gasteiger partial charge >= 0.3 is 0 Å². The van der Waals surface area contributed by atoms with E-state index in [1.807, 2.05) is 29.6 Å². The van der Waals surface area contributed by atoms with Gasteiger partial charge in [-0.3, -0.25) is 14.5 Å². The lowest BCUT2D eigenvalue weighted by Crippen LogP contribution is -2.39. The van der Waals surface area contributed by atoms with Crippen molar-refractivity contribution in [1.29, 1.82) is 0 Å². The molecule has 1 amide bonds. The number of rotatable bonds is 2. The summed E-state index contributed by atoms with van der Waals surface area (Å²) in [5.74, 6) is -0.111. The van der Waals surface area contributed by atoms with E-state index in [4.69, 9.17) is 4.74 Å². The second-order valence-electron chi connectivity index (χ2n) is 7.10. The summed E-state index contributed by atoms with van der Waals surface area (Å²) >= 11 is 4.89. The quantitative estimate of drug-likeness (QED) is 0.688. The van der Waals surface area contributed by atoms with Gasteiger partial charge < -0.3 is 4.74 Å². The molecule has 2 aliphatic heterocycles. The Kier molecular flexibility index (Phi) is 4.16. The molecule has 1 saturated carbocycles. The summed E-state index contributed by atoms with van der Waals surface area (Å²) in [6.07, 6.45) is 5.23. The predicted octanol–water partition coefficient (Wildman–Crippen LogP) is 4.41. The molecule has 0 bridgehead atoms. The van der Waals surface area contributed by atoms with Gasteiger partial charge in [-0.1, -0.05) is 34.5 Å². The number of carbonyl (C=O) groups excluding carboxylic acids is 2. The molecule has 0 saturated heterocycles. The van der Waals surface area contributed by atoms with E-state index in [1.54, 1.807) is 11.1 Å². The number of benzene rings is 1. The highest BCUT2D eigenvalue weighted by Crippen LogP contribution is 2.48. The van der Waals surface area contributed by atoms with Gasteiger partial charge in [-0.15, -0.1) is 11.3 Å². The van der Waals surface area contributed by atoms with Crippen LogP contribution in [0.4, 0.5) is 5.13 Å². The van der Waals surface area contributed by atoms with E-state index in [0.717, 1.165) is 35.7 Å². The first-order valence-corrected chi connectivity index (χ1v) is 10.8. The molecule has 1 aromatic carbocycles. The number of ether oxygens (including phenoxy) is 1. The van der Waals surface area contributed by atoms with Gasteiger partial charge in [0.2, 0.25) is 0 Å². The Labute approximate surface area is 169 Å². The molecular formula is C20H17BrN2O3S. The minimum Gasteiger partial charge on any atom is -0.483 e. The molecule has 5 rings (SSSR count). The van der Waals surface area contributed by atoms with Crippen LogP contribution >= 0.6 is 27.3 Å². The van der Waals surface area contributed by atoms with E-state index in [0.29, 0.717) is 10.7 Å². The Bertz CT molecular complexity index is 956. The number of ketones is 1. The minimum atomic E-state index is -0.494. The Morgan fingerprint density at radius 3 is 2.85 bits per heavy atom. The van der Waals surface area contributed by atoms with Crippen molar-refractivity contribution in [1.82, 2.24) is 4.98 Å². The van der Waals surface area contributed by atoms with Gasteiger partial charge in [-0.2, -0.15) is 0 Å². The van der Waals surface area contributed by atoms with Crippen LogP contribution in [-0.4, -0.2) is 22.8 Å². The van der Waals surface area contributed by atoms with E-state index in [-0.39, 0.29) is 29.5 Å². The highest BCUT2D eigenvalue weighted by Gasteiger charge is 2.52. The van der Waals surface area contributed by atoms with Crippen molar-refractivity contribution in [3.8, 4) is 0 Å². The van der Waals surface area contributed by atoms with Gasteiger partial charge in [0.25, 0.3) is 5.91 Å². The number of halogens is 1.